The molecule has 0 amide bonds. The minimum absolute atomic E-state index is 0.833. The molecule has 0 bridgehead atoms. The Morgan fingerprint density at radius 3 is 2.08 bits per heavy atom. The zero-order valence-electron chi connectivity index (χ0n) is 7.24. The molecule has 3 heteroatoms. The molecular weight excluding hydrogens is 154 g/mol. The van der Waals surface area contributed by atoms with E-state index in [0.29, 0.717) is 0 Å². The van der Waals surface area contributed by atoms with E-state index in [1.165, 1.54) is 0 Å². The number of hydrogen-bond donors (Lipinski definition) is 2. The van der Waals surface area contributed by atoms with Crippen molar-refractivity contribution in [1.82, 2.24) is 0 Å². The predicted octanol–water partition coefficient (Wildman–Crippen LogP) is 1.67. The Kier molecular flexibility index (Phi) is 4.53. The number of nitrogen functional groups attached to an aromatic ring is 1. The highest BCUT2D eigenvalue weighted by Gasteiger charge is 1.84. The van der Waals surface area contributed by atoms with Gasteiger partial charge in [-0.15, -0.1) is 0 Å². The summed E-state index contributed by atoms with van der Waals surface area (Å²) in [7, 11) is 0. The van der Waals surface area contributed by atoms with Gasteiger partial charge in [-0.05, 0) is 18.6 Å². The third-order valence-electron chi connectivity index (χ3n) is 1.19. The molecule has 0 fully saturated rings. The Balaban J connectivity index is 0.000000261. The largest absolute Gasteiger partial charge is 0.481 e. The van der Waals surface area contributed by atoms with Gasteiger partial charge in [-0.3, -0.25) is 4.79 Å². The summed E-state index contributed by atoms with van der Waals surface area (Å²) in [6.45, 7) is 3.08. The summed E-state index contributed by atoms with van der Waals surface area (Å²) in [4.78, 5) is 9.00. The van der Waals surface area contributed by atoms with Gasteiger partial charge >= 0.3 is 0 Å². The van der Waals surface area contributed by atoms with Crippen molar-refractivity contribution in [3.63, 3.8) is 0 Å². The van der Waals surface area contributed by atoms with Gasteiger partial charge < -0.3 is 10.8 Å². The van der Waals surface area contributed by atoms with E-state index in [1.54, 1.807) is 0 Å². The quantitative estimate of drug-likeness (QED) is 0.578. The lowest BCUT2D eigenvalue weighted by Gasteiger charge is -1.93. The van der Waals surface area contributed by atoms with Gasteiger partial charge in [0.2, 0.25) is 0 Å². The van der Waals surface area contributed by atoms with Crippen LogP contribution >= 0.6 is 0 Å². The molecule has 1 aromatic rings. The Bertz CT molecular complexity index is 233. The molecule has 0 saturated carbocycles. The molecule has 0 unspecified atom stereocenters. The Labute approximate surface area is 71.8 Å². The highest BCUT2D eigenvalue weighted by Crippen LogP contribution is 2.06. The molecule has 0 atom stereocenters. The molecule has 0 aliphatic carbocycles. The first-order valence-corrected chi connectivity index (χ1v) is 3.54. The second-order valence-electron chi connectivity index (χ2n) is 2.38. The smallest absolute Gasteiger partial charge is 0.300 e. The van der Waals surface area contributed by atoms with Crippen LogP contribution in [0.5, 0.6) is 0 Å². The molecule has 0 aliphatic heterocycles. The molecule has 3 nitrogen and oxygen atoms in total. The Hall–Kier alpha value is -1.51. The molecule has 3 N–H and O–H groups in total. The highest BCUT2D eigenvalue weighted by atomic mass is 16.4. The first kappa shape index (κ1) is 10.5. The SMILES string of the molecule is CC(=O)O.Cc1ccccc1N. The number of para-hydroxylation sites is 1. The second-order valence-corrected chi connectivity index (χ2v) is 2.38. The molecule has 1 rings (SSSR count). The van der Waals surface area contributed by atoms with E-state index in [9.17, 15) is 0 Å². The molecule has 0 aliphatic rings. The van der Waals surface area contributed by atoms with Crippen molar-refractivity contribution in [1.29, 1.82) is 0 Å². The lowest BCUT2D eigenvalue weighted by Crippen LogP contribution is -1.85. The van der Waals surface area contributed by atoms with Crippen molar-refractivity contribution >= 4 is 11.7 Å². The first-order chi connectivity index (χ1) is 5.54. The average molecular weight is 167 g/mol. The lowest BCUT2D eigenvalue weighted by molar-refractivity contribution is -0.134. The zero-order chi connectivity index (χ0) is 9.56. The number of carboxylic acid groups (broad SMARTS) is 1. The molecule has 0 saturated heterocycles. The van der Waals surface area contributed by atoms with Crippen LogP contribution < -0.4 is 5.73 Å². The second kappa shape index (κ2) is 5.18. The van der Waals surface area contributed by atoms with E-state index < -0.39 is 5.97 Å². The summed E-state index contributed by atoms with van der Waals surface area (Å²) in [6, 6.07) is 7.80. The van der Waals surface area contributed by atoms with E-state index in [2.05, 4.69) is 0 Å². The number of anilines is 1. The van der Waals surface area contributed by atoms with Crippen LogP contribution in [0.1, 0.15) is 12.5 Å². The molecule has 1 aromatic carbocycles. The fraction of sp³-hybridized carbons (Fsp3) is 0.222. The van der Waals surface area contributed by atoms with E-state index >= 15 is 0 Å². The van der Waals surface area contributed by atoms with Crippen LogP contribution in [-0.2, 0) is 4.79 Å². The van der Waals surface area contributed by atoms with Crippen LogP contribution in [0.3, 0.4) is 0 Å². The Morgan fingerprint density at radius 1 is 1.42 bits per heavy atom. The van der Waals surface area contributed by atoms with Crippen LogP contribution in [0.2, 0.25) is 0 Å². The van der Waals surface area contributed by atoms with Crippen LogP contribution in [0.4, 0.5) is 5.69 Å². The van der Waals surface area contributed by atoms with Gasteiger partial charge in [0.05, 0.1) is 0 Å². The normalized spacial score (nSPS) is 8.17. The summed E-state index contributed by atoms with van der Waals surface area (Å²) in [5.41, 5.74) is 7.53. The number of rotatable bonds is 0. The number of carboxylic acids is 1. The van der Waals surface area contributed by atoms with Crippen LogP contribution in [0.25, 0.3) is 0 Å². The lowest BCUT2D eigenvalue weighted by atomic mass is 10.2. The fourth-order valence-electron chi connectivity index (χ4n) is 0.587. The van der Waals surface area contributed by atoms with Crippen LogP contribution in [0.15, 0.2) is 24.3 Å². The summed E-state index contributed by atoms with van der Waals surface area (Å²) < 4.78 is 0. The maximum absolute atomic E-state index is 9.00. The monoisotopic (exact) mass is 167 g/mol. The van der Waals surface area contributed by atoms with Crippen molar-refractivity contribution in [3.8, 4) is 0 Å². The van der Waals surface area contributed by atoms with Crippen molar-refractivity contribution in [2.45, 2.75) is 13.8 Å². The highest BCUT2D eigenvalue weighted by molar-refractivity contribution is 5.62. The van der Waals surface area contributed by atoms with Gasteiger partial charge in [0.1, 0.15) is 0 Å². The topological polar surface area (TPSA) is 63.3 Å². The number of hydrogen-bond acceptors (Lipinski definition) is 2. The number of aliphatic carboxylic acids is 1. The van der Waals surface area contributed by atoms with E-state index in [4.69, 9.17) is 15.6 Å². The minimum Gasteiger partial charge on any atom is -0.481 e. The Morgan fingerprint density at radius 2 is 1.83 bits per heavy atom. The van der Waals surface area contributed by atoms with Crippen LogP contribution in [0, 0.1) is 6.92 Å². The summed E-state index contributed by atoms with van der Waals surface area (Å²) in [5.74, 6) is -0.833. The first-order valence-electron chi connectivity index (χ1n) is 3.54. The van der Waals surface area contributed by atoms with Gasteiger partial charge in [0, 0.05) is 12.6 Å². The maximum Gasteiger partial charge on any atom is 0.300 e. The summed E-state index contributed by atoms with van der Waals surface area (Å²) >= 11 is 0. The van der Waals surface area contributed by atoms with E-state index in [-0.39, 0.29) is 0 Å². The number of aryl methyl sites for hydroxylation is 1. The van der Waals surface area contributed by atoms with E-state index in [1.807, 2.05) is 31.2 Å². The summed E-state index contributed by atoms with van der Waals surface area (Å²) in [6.07, 6.45) is 0. The van der Waals surface area contributed by atoms with Crippen molar-refractivity contribution < 1.29 is 9.90 Å². The maximum atomic E-state index is 9.00. The fourth-order valence-corrected chi connectivity index (χ4v) is 0.587. The third kappa shape index (κ3) is 5.29. The molecule has 0 radical (unpaired) electrons. The molecule has 0 spiro atoms. The average Bonchev–Trinajstić information content (AvgIpc) is 1.94. The standard InChI is InChI=1S/C7H9N.C2H4O2/c1-6-4-2-3-5-7(6)8;1-2(3)4/h2-5H,8H2,1H3;1H3,(H,3,4). The van der Waals surface area contributed by atoms with Crippen molar-refractivity contribution in [2.75, 3.05) is 5.73 Å². The number of carbonyl (C=O) groups is 1. The van der Waals surface area contributed by atoms with E-state index in [0.717, 1.165) is 18.2 Å². The molecule has 66 valence electrons. The number of benzene rings is 1. The molecule has 0 aromatic heterocycles. The predicted molar refractivity (Wildman–Crippen MR) is 48.9 cm³/mol. The van der Waals surface area contributed by atoms with Crippen LogP contribution in [-0.4, -0.2) is 11.1 Å². The number of nitrogens with two attached hydrogens (primary N) is 1. The van der Waals surface area contributed by atoms with Crippen molar-refractivity contribution in [3.05, 3.63) is 29.8 Å². The van der Waals surface area contributed by atoms with Gasteiger partial charge in [-0.2, -0.15) is 0 Å². The zero-order valence-corrected chi connectivity index (χ0v) is 7.24. The van der Waals surface area contributed by atoms with Gasteiger partial charge in [-0.1, -0.05) is 18.2 Å². The molecule has 0 heterocycles. The van der Waals surface area contributed by atoms with Crippen molar-refractivity contribution in [2.24, 2.45) is 0 Å². The van der Waals surface area contributed by atoms with Gasteiger partial charge in [0.25, 0.3) is 5.97 Å². The minimum atomic E-state index is -0.833. The van der Waals surface area contributed by atoms with Gasteiger partial charge in [-0.25, -0.2) is 0 Å². The molecule has 12 heavy (non-hydrogen) atoms. The summed E-state index contributed by atoms with van der Waals surface area (Å²) in [5, 5.41) is 7.42. The van der Waals surface area contributed by atoms with Gasteiger partial charge in [0.15, 0.2) is 0 Å². The molecular formula is C9H13NO2. The third-order valence-corrected chi connectivity index (χ3v) is 1.19.